The molecule has 0 saturated carbocycles. The number of fused-ring (bicyclic) bond motifs is 1. The van der Waals surface area contributed by atoms with E-state index in [1.54, 1.807) is 0 Å². The molecule has 2 heterocycles. The van der Waals surface area contributed by atoms with Crippen LogP contribution in [0, 0.1) is 0 Å². The normalized spacial score (nSPS) is 13.4. The molecule has 2 aromatic rings. The highest BCUT2D eigenvalue weighted by atomic mass is 14.8. The molecule has 0 radical (unpaired) electrons. The maximum Gasteiger partial charge on any atom is 0.137 e. The Morgan fingerprint density at radius 2 is 2.46 bits per heavy atom. The predicted octanol–water partition coefficient (Wildman–Crippen LogP) is 1.45. The molecule has 68 valence electrons. The molecule has 0 aromatic carbocycles. The molecule has 2 rings (SSSR count). The fourth-order valence-electron chi connectivity index (χ4n) is 1.47. The van der Waals surface area contributed by atoms with Gasteiger partial charge in [0.05, 0.1) is 0 Å². The van der Waals surface area contributed by atoms with Crippen LogP contribution >= 0.6 is 0 Å². The Hall–Kier alpha value is -1.35. The zero-order chi connectivity index (χ0) is 9.26. The van der Waals surface area contributed by atoms with Crippen molar-refractivity contribution in [2.75, 3.05) is 0 Å². The lowest BCUT2D eigenvalue weighted by Gasteiger charge is -2.03. The second kappa shape index (κ2) is 3.18. The molecule has 0 unspecified atom stereocenters. The van der Waals surface area contributed by atoms with Crippen molar-refractivity contribution in [3.63, 3.8) is 0 Å². The molecule has 0 aliphatic rings. The molecule has 3 nitrogen and oxygen atoms in total. The van der Waals surface area contributed by atoms with Crippen LogP contribution in [-0.4, -0.2) is 16.0 Å². The summed E-state index contributed by atoms with van der Waals surface area (Å²) in [6.45, 7) is 2.00. The SMILES string of the molecule is C[C@H](N)Cc1cnc2[nH]ccc2c1. The minimum atomic E-state index is 0.193. The molecule has 13 heavy (non-hydrogen) atoms. The molecule has 0 saturated heterocycles. The molecule has 0 aliphatic carbocycles. The van der Waals surface area contributed by atoms with Gasteiger partial charge in [0.2, 0.25) is 0 Å². The van der Waals surface area contributed by atoms with Gasteiger partial charge in [-0.1, -0.05) is 0 Å². The van der Waals surface area contributed by atoms with Crippen LogP contribution in [-0.2, 0) is 6.42 Å². The number of aromatic amines is 1. The van der Waals surface area contributed by atoms with Crippen molar-refractivity contribution in [1.29, 1.82) is 0 Å². The van der Waals surface area contributed by atoms with Gasteiger partial charge in [-0.2, -0.15) is 0 Å². The minimum Gasteiger partial charge on any atom is -0.346 e. The van der Waals surface area contributed by atoms with E-state index >= 15 is 0 Å². The first-order valence-corrected chi connectivity index (χ1v) is 4.43. The number of H-pyrrole nitrogens is 1. The molecule has 0 bridgehead atoms. The maximum atomic E-state index is 5.71. The van der Waals surface area contributed by atoms with Gasteiger partial charge in [0.1, 0.15) is 5.65 Å². The molecule has 0 aliphatic heterocycles. The molecule has 0 fully saturated rings. The van der Waals surface area contributed by atoms with Crippen LogP contribution in [0.4, 0.5) is 0 Å². The quantitative estimate of drug-likeness (QED) is 0.725. The van der Waals surface area contributed by atoms with Gasteiger partial charge in [0.15, 0.2) is 0 Å². The largest absolute Gasteiger partial charge is 0.346 e. The van der Waals surface area contributed by atoms with Gasteiger partial charge in [-0.15, -0.1) is 0 Å². The van der Waals surface area contributed by atoms with Crippen LogP contribution in [0.15, 0.2) is 24.5 Å². The highest BCUT2D eigenvalue weighted by Gasteiger charge is 2.00. The first-order chi connectivity index (χ1) is 6.25. The van der Waals surface area contributed by atoms with Gasteiger partial charge in [0.25, 0.3) is 0 Å². The summed E-state index contributed by atoms with van der Waals surface area (Å²) in [4.78, 5) is 7.34. The van der Waals surface area contributed by atoms with E-state index in [-0.39, 0.29) is 6.04 Å². The minimum absolute atomic E-state index is 0.193. The third kappa shape index (κ3) is 1.70. The van der Waals surface area contributed by atoms with E-state index in [0.717, 1.165) is 17.5 Å². The maximum absolute atomic E-state index is 5.71. The number of nitrogens with two attached hydrogens (primary N) is 1. The summed E-state index contributed by atoms with van der Waals surface area (Å²) < 4.78 is 0. The van der Waals surface area contributed by atoms with Gasteiger partial charge < -0.3 is 10.7 Å². The lowest BCUT2D eigenvalue weighted by Crippen LogP contribution is -2.17. The van der Waals surface area contributed by atoms with Crippen LogP contribution < -0.4 is 5.73 Å². The number of pyridine rings is 1. The third-order valence-electron chi connectivity index (χ3n) is 2.01. The van der Waals surface area contributed by atoms with Gasteiger partial charge in [-0.25, -0.2) is 4.98 Å². The first kappa shape index (κ1) is 8.26. The molecule has 2 aromatic heterocycles. The number of nitrogens with one attached hydrogen (secondary N) is 1. The Morgan fingerprint density at radius 3 is 3.23 bits per heavy atom. The second-order valence-electron chi connectivity index (χ2n) is 3.44. The van der Waals surface area contributed by atoms with Crippen LogP contribution in [0.2, 0.25) is 0 Å². The van der Waals surface area contributed by atoms with E-state index in [9.17, 15) is 0 Å². The average molecular weight is 175 g/mol. The molecule has 0 amide bonds. The summed E-state index contributed by atoms with van der Waals surface area (Å²) in [7, 11) is 0. The first-order valence-electron chi connectivity index (χ1n) is 4.43. The number of aromatic nitrogens is 2. The predicted molar refractivity (Wildman–Crippen MR) is 53.4 cm³/mol. The monoisotopic (exact) mass is 175 g/mol. The zero-order valence-electron chi connectivity index (χ0n) is 7.62. The summed E-state index contributed by atoms with van der Waals surface area (Å²) in [5.41, 5.74) is 7.84. The van der Waals surface area contributed by atoms with E-state index in [0.29, 0.717) is 0 Å². The number of rotatable bonds is 2. The fraction of sp³-hybridized carbons (Fsp3) is 0.300. The Kier molecular flexibility index (Phi) is 2.02. The summed E-state index contributed by atoms with van der Waals surface area (Å²) in [5, 5.41) is 1.15. The van der Waals surface area contributed by atoms with Crippen LogP contribution in [0.25, 0.3) is 11.0 Å². The average Bonchev–Trinajstić information content (AvgIpc) is 2.49. The smallest absolute Gasteiger partial charge is 0.137 e. The molecule has 1 atom stereocenters. The van der Waals surface area contributed by atoms with E-state index in [2.05, 4.69) is 16.0 Å². The fourth-order valence-corrected chi connectivity index (χ4v) is 1.47. The number of nitrogens with zero attached hydrogens (tertiary/aromatic N) is 1. The lowest BCUT2D eigenvalue weighted by molar-refractivity contribution is 0.737. The summed E-state index contributed by atoms with van der Waals surface area (Å²) in [6.07, 6.45) is 4.66. The Bertz CT molecular complexity index is 403. The van der Waals surface area contributed by atoms with Crippen molar-refractivity contribution in [3.05, 3.63) is 30.1 Å². The Balaban J connectivity index is 2.37. The van der Waals surface area contributed by atoms with Gasteiger partial charge in [-0.05, 0) is 31.0 Å². The van der Waals surface area contributed by atoms with Crippen molar-refractivity contribution in [2.45, 2.75) is 19.4 Å². The van der Waals surface area contributed by atoms with Gasteiger partial charge >= 0.3 is 0 Å². The van der Waals surface area contributed by atoms with E-state index in [1.807, 2.05) is 25.4 Å². The second-order valence-corrected chi connectivity index (χ2v) is 3.44. The number of hydrogen-bond donors (Lipinski definition) is 2. The van der Waals surface area contributed by atoms with Crippen molar-refractivity contribution < 1.29 is 0 Å². The standard InChI is InChI=1S/C10H13N3/c1-7(11)4-8-5-9-2-3-12-10(9)13-6-8/h2-3,5-7H,4,11H2,1H3,(H,12,13)/t7-/m0/s1. The number of hydrogen-bond acceptors (Lipinski definition) is 2. The Morgan fingerprint density at radius 1 is 1.62 bits per heavy atom. The lowest BCUT2D eigenvalue weighted by atomic mass is 10.1. The van der Waals surface area contributed by atoms with Crippen molar-refractivity contribution in [2.24, 2.45) is 5.73 Å². The van der Waals surface area contributed by atoms with E-state index < -0.39 is 0 Å². The highest BCUT2D eigenvalue weighted by Crippen LogP contribution is 2.11. The summed E-state index contributed by atoms with van der Waals surface area (Å²) >= 11 is 0. The molecule has 3 N–H and O–H groups in total. The van der Waals surface area contributed by atoms with Crippen molar-refractivity contribution in [1.82, 2.24) is 9.97 Å². The molecule has 0 spiro atoms. The van der Waals surface area contributed by atoms with Crippen LogP contribution in [0.3, 0.4) is 0 Å². The molecular formula is C10H13N3. The zero-order valence-corrected chi connectivity index (χ0v) is 7.62. The van der Waals surface area contributed by atoms with Crippen molar-refractivity contribution >= 4 is 11.0 Å². The van der Waals surface area contributed by atoms with E-state index in [4.69, 9.17) is 5.73 Å². The van der Waals surface area contributed by atoms with Crippen LogP contribution in [0.5, 0.6) is 0 Å². The van der Waals surface area contributed by atoms with E-state index in [1.165, 1.54) is 5.56 Å². The molecular weight excluding hydrogens is 162 g/mol. The molecule has 3 heteroatoms. The Labute approximate surface area is 77.0 Å². The van der Waals surface area contributed by atoms with Gasteiger partial charge in [-0.3, -0.25) is 0 Å². The van der Waals surface area contributed by atoms with Crippen molar-refractivity contribution in [3.8, 4) is 0 Å². The highest BCUT2D eigenvalue weighted by molar-refractivity contribution is 5.75. The summed E-state index contributed by atoms with van der Waals surface area (Å²) in [5.74, 6) is 0. The van der Waals surface area contributed by atoms with Gasteiger partial charge in [0, 0.05) is 23.8 Å². The van der Waals surface area contributed by atoms with Crippen LogP contribution in [0.1, 0.15) is 12.5 Å². The third-order valence-corrected chi connectivity index (χ3v) is 2.01. The topological polar surface area (TPSA) is 54.7 Å². The summed E-state index contributed by atoms with van der Waals surface area (Å²) in [6, 6.07) is 4.34.